The summed E-state index contributed by atoms with van der Waals surface area (Å²) in [6.07, 6.45) is 6.17. The number of aliphatic hydroxyl groups is 1. The van der Waals surface area contributed by atoms with E-state index in [0.29, 0.717) is 23.9 Å². The lowest BCUT2D eigenvalue weighted by Crippen LogP contribution is -2.46. The largest absolute Gasteiger partial charge is 0.491 e. The topological polar surface area (TPSA) is 87.2 Å². The maximum absolute atomic E-state index is 10.4. The minimum absolute atomic E-state index is 0.235. The van der Waals surface area contributed by atoms with E-state index in [2.05, 4.69) is 21.1 Å². The van der Waals surface area contributed by atoms with Crippen molar-refractivity contribution < 1.29 is 9.84 Å². The second-order valence-electron chi connectivity index (χ2n) is 6.36. The van der Waals surface area contributed by atoms with E-state index in [0.717, 1.165) is 25.9 Å². The highest BCUT2D eigenvalue weighted by molar-refractivity contribution is 5.34. The van der Waals surface area contributed by atoms with E-state index >= 15 is 0 Å². The molecule has 3 rings (SSSR count). The maximum Gasteiger partial charge on any atom is 0.137 e. The Labute approximate surface area is 147 Å². The monoisotopic (exact) mass is 341 g/mol. The van der Waals surface area contributed by atoms with E-state index in [-0.39, 0.29) is 6.61 Å². The highest BCUT2D eigenvalue weighted by atomic mass is 16.5. The molecule has 1 N–H and O–H groups in total. The van der Waals surface area contributed by atoms with Crippen molar-refractivity contribution in [2.24, 2.45) is 0 Å². The number of likely N-dealkylation sites (tertiary alicyclic amines) is 1. The van der Waals surface area contributed by atoms with Gasteiger partial charge in [0.05, 0.1) is 18.2 Å². The Balaban J connectivity index is 1.49. The molecule has 0 radical (unpaired) electrons. The number of hydrogen-bond acceptors (Lipinski definition) is 6. The van der Waals surface area contributed by atoms with Gasteiger partial charge in [0.15, 0.2) is 0 Å². The van der Waals surface area contributed by atoms with Crippen molar-refractivity contribution in [2.75, 3.05) is 19.7 Å². The molecule has 2 heterocycles. The van der Waals surface area contributed by atoms with Crippen LogP contribution in [0.4, 0.5) is 0 Å². The molecule has 1 saturated heterocycles. The van der Waals surface area contributed by atoms with Crippen molar-refractivity contribution in [2.45, 2.75) is 38.0 Å². The lowest BCUT2D eigenvalue weighted by Gasteiger charge is -2.36. The van der Waals surface area contributed by atoms with Crippen LogP contribution in [0.5, 0.6) is 5.75 Å². The van der Waals surface area contributed by atoms with Crippen molar-refractivity contribution in [1.82, 2.24) is 19.7 Å². The van der Waals surface area contributed by atoms with Crippen molar-refractivity contribution in [3.8, 4) is 11.8 Å². The van der Waals surface area contributed by atoms with Gasteiger partial charge >= 0.3 is 0 Å². The van der Waals surface area contributed by atoms with Gasteiger partial charge in [0, 0.05) is 12.6 Å². The lowest BCUT2D eigenvalue weighted by molar-refractivity contribution is 0.0345. The Kier molecular flexibility index (Phi) is 5.99. The van der Waals surface area contributed by atoms with Gasteiger partial charge in [-0.15, -0.1) is 0 Å². The van der Waals surface area contributed by atoms with E-state index in [1.54, 1.807) is 36.9 Å². The first kappa shape index (κ1) is 17.4. The fourth-order valence-corrected chi connectivity index (χ4v) is 3.19. The van der Waals surface area contributed by atoms with Crippen LogP contribution in [-0.4, -0.2) is 56.6 Å². The Morgan fingerprint density at radius 3 is 2.88 bits per heavy atom. The van der Waals surface area contributed by atoms with Crippen LogP contribution in [0.15, 0.2) is 36.9 Å². The van der Waals surface area contributed by atoms with Crippen LogP contribution < -0.4 is 4.74 Å². The number of hydrogen-bond donors (Lipinski definition) is 1. The molecular formula is C18H23N5O2. The molecule has 1 aliphatic rings. The molecule has 0 bridgehead atoms. The molecule has 0 aliphatic carbocycles. The van der Waals surface area contributed by atoms with E-state index in [4.69, 9.17) is 10.00 Å². The summed E-state index contributed by atoms with van der Waals surface area (Å²) in [7, 11) is 0. The number of ether oxygens (including phenoxy) is 1. The number of rotatable bonds is 7. The second-order valence-corrected chi connectivity index (χ2v) is 6.36. The molecule has 7 heteroatoms. The first-order valence-corrected chi connectivity index (χ1v) is 8.62. The minimum Gasteiger partial charge on any atom is -0.491 e. The molecule has 0 saturated carbocycles. The van der Waals surface area contributed by atoms with E-state index < -0.39 is 6.10 Å². The van der Waals surface area contributed by atoms with E-state index in [1.165, 1.54) is 6.42 Å². The first-order chi connectivity index (χ1) is 12.2. The van der Waals surface area contributed by atoms with Crippen LogP contribution in [-0.2, 0) is 6.54 Å². The number of aromatic nitrogens is 3. The summed E-state index contributed by atoms with van der Waals surface area (Å²) in [5.74, 6) is 0.663. The molecule has 7 nitrogen and oxygen atoms in total. The number of piperidine rings is 1. The fourth-order valence-electron chi connectivity index (χ4n) is 3.19. The molecule has 2 atom stereocenters. The molecule has 0 spiro atoms. The number of aliphatic hydroxyl groups excluding tert-OH is 1. The van der Waals surface area contributed by atoms with Gasteiger partial charge in [-0.25, -0.2) is 4.98 Å². The molecule has 0 unspecified atom stereocenters. The average molecular weight is 341 g/mol. The SMILES string of the molecule is N#Cc1ccc(OC[C@@H](O)CN2CCCC[C@H]2Cn2cncn2)cc1. The highest BCUT2D eigenvalue weighted by Crippen LogP contribution is 2.19. The Morgan fingerprint density at radius 2 is 2.16 bits per heavy atom. The minimum atomic E-state index is -0.563. The van der Waals surface area contributed by atoms with Crippen LogP contribution in [0.2, 0.25) is 0 Å². The molecule has 2 aromatic rings. The summed E-state index contributed by atoms with van der Waals surface area (Å²) < 4.78 is 7.49. The van der Waals surface area contributed by atoms with Gasteiger partial charge in [0.2, 0.25) is 0 Å². The van der Waals surface area contributed by atoms with E-state index in [9.17, 15) is 5.11 Å². The van der Waals surface area contributed by atoms with Gasteiger partial charge in [0.1, 0.15) is 31.1 Å². The summed E-state index contributed by atoms with van der Waals surface area (Å²) in [6.45, 7) is 2.59. The summed E-state index contributed by atoms with van der Waals surface area (Å²) in [4.78, 5) is 6.31. The second kappa shape index (κ2) is 8.60. The Bertz CT molecular complexity index is 680. The van der Waals surface area contributed by atoms with Gasteiger partial charge in [-0.05, 0) is 43.7 Å². The standard InChI is InChI=1S/C18H23N5O2/c19-9-15-4-6-18(7-5-15)25-12-17(24)11-22-8-2-1-3-16(22)10-23-14-20-13-21-23/h4-7,13-14,16-17,24H,1-3,8,10-12H2/t16-,17-/m0/s1. The highest BCUT2D eigenvalue weighted by Gasteiger charge is 2.25. The number of benzene rings is 1. The van der Waals surface area contributed by atoms with Crippen LogP contribution in [0.3, 0.4) is 0 Å². The van der Waals surface area contributed by atoms with Crippen molar-refractivity contribution in [3.05, 3.63) is 42.5 Å². The molecule has 1 aromatic carbocycles. The van der Waals surface area contributed by atoms with Gasteiger partial charge in [0.25, 0.3) is 0 Å². The lowest BCUT2D eigenvalue weighted by atomic mass is 10.0. The van der Waals surface area contributed by atoms with Gasteiger partial charge in [-0.1, -0.05) is 6.42 Å². The molecular weight excluding hydrogens is 318 g/mol. The average Bonchev–Trinajstić information content (AvgIpc) is 3.15. The number of nitrogens with zero attached hydrogens (tertiary/aromatic N) is 5. The maximum atomic E-state index is 10.4. The first-order valence-electron chi connectivity index (χ1n) is 8.62. The van der Waals surface area contributed by atoms with Crippen molar-refractivity contribution >= 4 is 0 Å². The van der Waals surface area contributed by atoms with Crippen molar-refractivity contribution in [3.63, 3.8) is 0 Å². The predicted octanol–water partition coefficient (Wildman–Crippen LogP) is 1.44. The van der Waals surface area contributed by atoms with Crippen molar-refractivity contribution in [1.29, 1.82) is 5.26 Å². The molecule has 1 fully saturated rings. The predicted molar refractivity (Wildman–Crippen MR) is 91.9 cm³/mol. The molecule has 25 heavy (non-hydrogen) atoms. The Hall–Kier alpha value is -2.43. The third-order valence-corrected chi connectivity index (χ3v) is 4.48. The van der Waals surface area contributed by atoms with Gasteiger partial charge < -0.3 is 9.84 Å². The van der Waals surface area contributed by atoms with Gasteiger partial charge in [-0.3, -0.25) is 9.58 Å². The van der Waals surface area contributed by atoms with Crippen LogP contribution in [0, 0.1) is 11.3 Å². The molecule has 1 aromatic heterocycles. The number of β-amino-alcohol motifs (C(OH)–C–C–N with tert-alkyl or cyclic N) is 1. The van der Waals surface area contributed by atoms with E-state index in [1.807, 2.05) is 4.68 Å². The zero-order valence-corrected chi connectivity index (χ0v) is 14.2. The molecule has 0 amide bonds. The third-order valence-electron chi connectivity index (χ3n) is 4.48. The molecule has 132 valence electrons. The molecule has 1 aliphatic heterocycles. The quantitative estimate of drug-likeness (QED) is 0.820. The van der Waals surface area contributed by atoms with Crippen LogP contribution in [0.25, 0.3) is 0 Å². The fraction of sp³-hybridized carbons (Fsp3) is 0.500. The summed E-state index contributed by atoms with van der Waals surface area (Å²) in [6, 6.07) is 9.35. The Morgan fingerprint density at radius 1 is 1.32 bits per heavy atom. The normalized spacial score (nSPS) is 19.3. The summed E-state index contributed by atoms with van der Waals surface area (Å²) >= 11 is 0. The summed E-state index contributed by atoms with van der Waals surface area (Å²) in [5.41, 5.74) is 0.595. The van der Waals surface area contributed by atoms with Crippen LogP contribution >= 0.6 is 0 Å². The smallest absolute Gasteiger partial charge is 0.137 e. The van der Waals surface area contributed by atoms with Crippen LogP contribution in [0.1, 0.15) is 24.8 Å². The summed E-state index contributed by atoms with van der Waals surface area (Å²) in [5, 5.41) is 23.3. The van der Waals surface area contributed by atoms with Gasteiger partial charge in [-0.2, -0.15) is 10.4 Å². The number of nitriles is 1. The zero-order valence-electron chi connectivity index (χ0n) is 14.2. The third kappa shape index (κ3) is 5.02. The zero-order chi connectivity index (χ0) is 17.5.